The Morgan fingerprint density at radius 3 is 2.05 bits per heavy atom. The number of fused-ring (bicyclic) bond motifs is 1. The third kappa shape index (κ3) is 3.24. The maximum Gasteiger partial charge on any atom is 0.199 e. The number of halogens is 1. The molecule has 3 nitrogen and oxygen atoms in total. The Hall–Kier alpha value is -1.62. The summed E-state index contributed by atoms with van der Waals surface area (Å²) in [6, 6.07) is 7.81. The summed E-state index contributed by atoms with van der Waals surface area (Å²) in [6.45, 7) is 11.3. The standard InChI is InChI=1S/C17H24FN3S/c1-5-20(6-2)17(21(7-3)8-4)15(18)16-19-13-11-9-10-12-14(13)22-16/h9-12H,5-8H2,1-4H3. The van der Waals surface area contributed by atoms with Crippen molar-refractivity contribution >= 4 is 27.4 Å². The average molecular weight is 321 g/mol. The number of benzene rings is 1. The van der Waals surface area contributed by atoms with Crippen LogP contribution in [-0.4, -0.2) is 41.0 Å². The lowest BCUT2D eigenvalue weighted by atomic mass is 10.3. The summed E-state index contributed by atoms with van der Waals surface area (Å²) in [5.41, 5.74) is 0.857. The molecule has 2 rings (SSSR count). The van der Waals surface area contributed by atoms with Gasteiger partial charge in [0.25, 0.3) is 0 Å². The van der Waals surface area contributed by atoms with Crippen molar-refractivity contribution in [3.05, 3.63) is 35.1 Å². The van der Waals surface area contributed by atoms with E-state index < -0.39 is 0 Å². The quantitative estimate of drug-likeness (QED) is 0.744. The fraction of sp³-hybridized carbons (Fsp3) is 0.471. The first-order valence-electron chi connectivity index (χ1n) is 7.91. The van der Waals surface area contributed by atoms with Crippen molar-refractivity contribution < 1.29 is 4.39 Å². The first-order valence-corrected chi connectivity index (χ1v) is 8.73. The highest BCUT2D eigenvalue weighted by Gasteiger charge is 2.21. The van der Waals surface area contributed by atoms with Crippen LogP contribution in [0.15, 0.2) is 30.1 Å². The second-order valence-electron chi connectivity index (χ2n) is 4.97. The molecule has 0 saturated carbocycles. The van der Waals surface area contributed by atoms with Crippen LogP contribution >= 0.6 is 11.3 Å². The largest absolute Gasteiger partial charge is 0.356 e. The third-order valence-electron chi connectivity index (χ3n) is 3.80. The summed E-state index contributed by atoms with van der Waals surface area (Å²) in [5.74, 6) is 0.447. The Morgan fingerprint density at radius 1 is 1.00 bits per heavy atom. The Bertz CT molecular complexity index is 595. The molecule has 0 radical (unpaired) electrons. The first kappa shape index (κ1) is 16.7. The van der Waals surface area contributed by atoms with Crippen molar-refractivity contribution in [2.24, 2.45) is 0 Å². The van der Waals surface area contributed by atoms with Gasteiger partial charge in [-0.1, -0.05) is 12.1 Å². The summed E-state index contributed by atoms with van der Waals surface area (Å²) in [7, 11) is 0. The van der Waals surface area contributed by atoms with Crippen molar-refractivity contribution in [2.45, 2.75) is 27.7 Å². The van der Waals surface area contributed by atoms with E-state index in [0.29, 0.717) is 10.8 Å². The van der Waals surface area contributed by atoms with Gasteiger partial charge in [0, 0.05) is 26.2 Å². The Balaban J connectivity index is 2.55. The normalized spacial score (nSPS) is 10.8. The number of thiazole rings is 1. The van der Waals surface area contributed by atoms with Crippen LogP contribution in [0.3, 0.4) is 0 Å². The highest BCUT2D eigenvalue weighted by atomic mass is 32.1. The zero-order chi connectivity index (χ0) is 16.1. The predicted octanol–water partition coefficient (Wildman–Crippen LogP) is 4.58. The Morgan fingerprint density at radius 2 is 1.55 bits per heavy atom. The van der Waals surface area contributed by atoms with Gasteiger partial charge in [-0.05, 0) is 39.8 Å². The molecular formula is C17H24FN3S. The van der Waals surface area contributed by atoms with Gasteiger partial charge < -0.3 is 9.80 Å². The van der Waals surface area contributed by atoms with Crippen LogP contribution in [0.5, 0.6) is 0 Å². The van der Waals surface area contributed by atoms with E-state index in [-0.39, 0.29) is 5.83 Å². The minimum atomic E-state index is -0.214. The molecular weight excluding hydrogens is 297 g/mol. The molecule has 0 spiro atoms. The van der Waals surface area contributed by atoms with Crippen molar-refractivity contribution in [3.63, 3.8) is 0 Å². The molecule has 5 heteroatoms. The Labute approximate surface area is 136 Å². The van der Waals surface area contributed by atoms with Crippen molar-refractivity contribution in [1.29, 1.82) is 0 Å². The molecule has 0 aliphatic heterocycles. The maximum absolute atomic E-state index is 15.2. The SMILES string of the molecule is CCN(CC)C(=C(F)c1nc2ccccc2s1)N(CC)CC. The fourth-order valence-corrected chi connectivity index (χ4v) is 3.48. The molecule has 120 valence electrons. The molecule has 0 N–H and O–H groups in total. The van der Waals surface area contributed by atoms with Gasteiger partial charge in [-0.3, -0.25) is 0 Å². The first-order chi connectivity index (χ1) is 10.7. The lowest BCUT2D eigenvalue weighted by Crippen LogP contribution is -2.36. The predicted molar refractivity (Wildman–Crippen MR) is 93.5 cm³/mol. The second kappa shape index (κ2) is 7.58. The highest BCUT2D eigenvalue weighted by Crippen LogP contribution is 2.31. The van der Waals surface area contributed by atoms with Crippen LogP contribution in [0.2, 0.25) is 0 Å². The number of hydrogen-bond donors (Lipinski definition) is 0. The van der Waals surface area contributed by atoms with Crippen LogP contribution in [-0.2, 0) is 0 Å². The van der Waals surface area contributed by atoms with Crippen LogP contribution in [0.1, 0.15) is 32.7 Å². The van der Waals surface area contributed by atoms with E-state index in [1.807, 2.05) is 24.3 Å². The van der Waals surface area contributed by atoms with Crippen molar-refractivity contribution in [3.8, 4) is 0 Å². The van der Waals surface area contributed by atoms with Crippen LogP contribution < -0.4 is 0 Å². The molecule has 0 fully saturated rings. The summed E-state index contributed by atoms with van der Waals surface area (Å²) in [6.07, 6.45) is 0. The van der Waals surface area contributed by atoms with E-state index in [1.165, 1.54) is 11.3 Å². The van der Waals surface area contributed by atoms with E-state index in [1.54, 1.807) is 0 Å². The number of para-hydroxylation sites is 1. The lowest BCUT2D eigenvalue weighted by molar-refractivity contribution is 0.232. The minimum absolute atomic E-state index is 0.214. The van der Waals surface area contributed by atoms with Crippen molar-refractivity contribution in [2.75, 3.05) is 26.2 Å². The highest BCUT2D eigenvalue weighted by molar-refractivity contribution is 7.19. The van der Waals surface area contributed by atoms with E-state index in [0.717, 1.165) is 36.4 Å². The molecule has 0 atom stereocenters. The molecule has 0 amide bonds. The average Bonchev–Trinajstić information content (AvgIpc) is 2.99. The number of hydrogen-bond acceptors (Lipinski definition) is 4. The van der Waals surface area contributed by atoms with Gasteiger partial charge in [0.05, 0.1) is 10.2 Å². The van der Waals surface area contributed by atoms with Gasteiger partial charge in [0.15, 0.2) is 10.8 Å². The third-order valence-corrected chi connectivity index (χ3v) is 4.83. The van der Waals surface area contributed by atoms with Gasteiger partial charge in [-0.15, -0.1) is 11.3 Å². The molecule has 1 heterocycles. The number of nitrogens with zero attached hydrogens (tertiary/aromatic N) is 3. The summed E-state index contributed by atoms with van der Waals surface area (Å²) < 4.78 is 16.2. The van der Waals surface area contributed by atoms with Gasteiger partial charge in [-0.2, -0.15) is 4.39 Å². The molecule has 0 unspecified atom stereocenters. The van der Waals surface area contributed by atoms with E-state index in [9.17, 15) is 0 Å². The zero-order valence-corrected chi connectivity index (χ0v) is 14.6. The van der Waals surface area contributed by atoms with Gasteiger partial charge in [0.2, 0.25) is 0 Å². The van der Waals surface area contributed by atoms with Crippen molar-refractivity contribution in [1.82, 2.24) is 14.8 Å². The molecule has 1 aromatic carbocycles. The molecule has 0 bridgehead atoms. The molecule has 0 saturated heterocycles. The molecule has 0 aliphatic rings. The zero-order valence-electron chi connectivity index (χ0n) is 13.8. The lowest BCUT2D eigenvalue weighted by Gasteiger charge is -2.33. The smallest absolute Gasteiger partial charge is 0.199 e. The maximum atomic E-state index is 15.2. The van der Waals surface area contributed by atoms with Gasteiger partial charge in [-0.25, -0.2) is 4.98 Å². The summed E-state index contributed by atoms with van der Waals surface area (Å²) in [5, 5.41) is 0.468. The molecule has 1 aromatic heterocycles. The van der Waals surface area contributed by atoms with Crippen LogP contribution in [0.25, 0.3) is 16.0 Å². The molecule has 22 heavy (non-hydrogen) atoms. The topological polar surface area (TPSA) is 19.4 Å². The summed E-state index contributed by atoms with van der Waals surface area (Å²) >= 11 is 1.41. The van der Waals surface area contributed by atoms with Gasteiger partial charge >= 0.3 is 0 Å². The second-order valence-corrected chi connectivity index (χ2v) is 6.00. The van der Waals surface area contributed by atoms with Crippen LogP contribution in [0.4, 0.5) is 4.39 Å². The van der Waals surface area contributed by atoms with E-state index in [4.69, 9.17) is 0 Å². The molecule has 2 aromatic rings. The van der Waals surface area contributed by atoms with Crippen LogP contribution in [0, 0.1) is 0 Å². The fourth-order valence-electron chi connectivity index (χ4n) is 2.59. The number of rotatable bonds is 7. The van der Waals surface area contributed by atoms with Gasteiger partial charge in [0.1, 0.15) is 5.82 Å². The Kier molecular flexibility index (Phi) is 5.77. The molecule has 0 aliphatic carbocycles. The monoisotopic (exact) mass is 321 g/mol. The number of aromatic nitrogens is 1. The van der Waals surface area contributed by atoms with E-state index >= 15 is 4.39 Å². The minimum Gasteiger partial charge on any atom is -0.356 e. The van der Waals surface area contributed by atoms with E-state index in [2.05, 4.69) is 42.5 Å². The summed E-state index contributed by atoms with van der Waals surface area (Å²) in [4.78, 5) is 8.60.